The number of pyridine rings is 1. The van der Waals surface area contributed by atoms with Crippen LogP contribution in [0.4, 0.5) is 20.3 Å². The van der Waals surface area contributed by atoms with Crippen molar-refractivity contribution in [1.29, 1.82) is 0 Å². The fourth-order valence-corrected chi connectivity index (χ4v) is 2.01. The van der Waals surface area contributed by atoms with E-state index < -0.39 is 17.5 Å². The van der Waals surface area contributed by atoms with E-state index in [1.165, 1.54) is 6.07 Å². The molecule has 1 aromatic carbocycles. The van der Waals surface area contributed by atoms with E-state index in [0.717, 1.165) is 17.8 Å². The molecule has 0 aliphatic heterocycles. The van der Waals surface area contributed by atoms with Crippen LogP contribution >= 0.6 is 0 Å². The molecule has 3 aromatic rings. The lowest BCUT2D eigenvalue weighted by Crippen LogP contribution is -2.16. The molecule has 8 heteroatoms. The van der Waals surface area contributed by atoms with Gasteiger partial charge in [-0.15, -0.1) is 10.2 Å². The molecule has 0 aliphatic rings. The van der Waals surface area contributed by atoms with Gasteiger partial charge in [-0.1, -0.05) is 6.07 Å². The molecule has 126 valence electrons. The first kappa shape index (κ1) is 16.4. The zero-order chi connectivity index (χ0) is 17.6. The fraction of sp³-hybridized carbons (Fsp3) is 0.0588. The van der Waals surface area contributed by atoms with Crippen molar-refractivity contribution in [2.24, 2.45) is 0 Å². The molecule has 0 aliphatic carbocycles. The number of halogens is 2. The topological polar surface area (TPSA) is 79.8 Å². The summed E-state index contributed by atoms with van der Waals surface area (Å²) in [6, 6.07) is 11.5. The maximum absolute atomic E-state index is 13.5. The minimum Gasteiger partial charge on any atom is -0.363 e. The molecule has 1 amide bonds. The number of benzene rings is 1. The van der Waals surface area contributed by atoms with Gasteiger partial charge in [0, 0.05) is 12.3 Å². The molecule has 2 aromatic heterocycles. The summed E-state index contributed by atoms with van der Waals surface area (Å²) in [5.74, 6) is -1.77. The van der Waals surface area contributed by atoms with E-state index in [0.29, 0.717) is 18.4 Å². The maximum Gasteiger partial charge on any atom is 0.276 e. The largest absolute Gasteiger partial charge is 0.363 e. The van der Waals surface area contributed by atoms with Crippen molar-refractivity contribution in [2.75, 3.05) is 10.6 Å². The van der Waals surface area contributed by atoms with Crippen LogP contribution in [0.15, 0.2) is 54.7 Å². The van der Waals surface area contributed by atoms with Crippen molar-refractivity contribution in [1.82, 2.24) is 15.2 Å². The first-order valence-electron chi connectivity index (χ1n) is 7.36. The Kier molecular flexibility index (Phi) is 4.89. The molecule has 2 N–H and O–H groups in total. The number of carbonyl (C=O) groups excluding carboxylic acids is 1. The lowest BCUT2D eigenvalue weighted by Gasteiger charge is -2.07. The van der Waals surface area contributed by atoms with Crippen LogP contribution in [-0.4, -0.2) is 21.1 Å². The quantitative estimate of drug-likeness (QED) is 0.746. The van der Waals surface area contributed by atoms with E-state index in [4.69, 9.17) is 0 Å². The summed E-state index contributed by atoms with van der Waals surface area (Å²) in [4.78, 5) is 16.2. The van der Waals surface area contributed by atoms with Crippen LogP contribution in [0.1, 0.15) is 16.2 Å². The van der Waals surface area contributed by atoms with Crippen molar-refractivity contribution in [2.45, 2.75) is 6.54 Å². The van der Waals surface area contributed by atoms with E-state index in [-0.39, 0.29) is 11.4 Å². The number of hydrogen-bond donors (Lipinski definition) is 2. The highest BCUT2D eigenvalue weighted by Gasteiger charge is 2.12. The van der Waals surface area contributed by atoms with Gasteiger partial charge in [0.1, 0.15) is 17.5 Å². The van der Waals surface area contributed by atoms with Crippen molar-refractivity contribution < 1.29 is 13.6 Å². The monoisotopic (exact) mass is 341 g/mol. The van der Waals surface area contributed by atoms with Crippen molar-refractivity contribution in [3.63, 3.8) is 0 Å². The van der Waals surface area contributed by atoms with Gasteiger partial charge in [0.05, 0.1) is 17.9 Å². The standard InChI is InChI=1S/C17H13F2N5O/c18-11-4-5-14(13(19)9-11)22-17(25)15-6-7-16(24-23-15)21-10-12-3-1-2-8-20-12/h1-9H,10H2,(H,21,24)(H,22,25). The number of amides is 1. The average Bonchev–Trinajstić information content (AvgIpc) is 2.63. The van der Waals surface area contributed by atoms with E-state index in [9.17, 15) is 13.6 Å². The average molecular weight is 341 g/mol. The van der Waals surface area contributed by atoms with Gasteiger partial charge in [-0.3, -0.25) is 9.78 Å². The Morgan fingerprint density at radius 2 is 1.92 bits per heavy atom. The van der Waals surface area contributed by atoms with E-state index >= 15 is 0 Å². The number of anilines is 2. The Labute approximate surface area is 141 Å². The third-order valence-corrected chi connectivity index (χ3v) is 3.25. The summed E-state index contributed by atoms with van der Waals surface area (Å²) < 4.78 is 26.4. The second kappa shape index (κ2) is 7.43. The molecule has 3 rings (SSSR count). The predicted octanol–water partition coefficient (Wildman–Crippen LogP) is 3.01. The number of carbonyl (C=O) groups is 1. The summed E-state index contributed by atoms with van der Waals surface area (Å²) in [6.07, 6.45) is 1.69. The molecular formula is C17H13F2N5O. The summed E-state index contributed by atoms with van der Waals surface area (Å²) in [5, 5.41) is 13.0. The molecule has 0 bridgehead atoms. The third kappa shape index (κ3) is 4.31. The fourth-order valence-electron chi connectivity index (χ4n) is 2.01. The maximum atomic E-state index is 13.5. The van der Waals surface area contributed by atoms with Crippen LogP contribution in [0, 0.1) is 11.6 Å². The molecule has 6 nitrogen and oxygen atoms in total. The van der Waals surface area contributed by atoms with Crippen LogP contribution in [0.3, 0.4) is 0 Å². The molecule has 0 radical (unpaired) electrons. The van der Waals surface area contributed by atoms with Gasteiger partial charge in [-0.05, 0) is 36.4 Å². The molecule has 0 atom stereocenters. The number of nitrogens with one attached hydrogen (secondary N) is 2. The zero-order valence-electron chi connectivity index (χ0n) is 12.9. The molecule has 0 saturated carbocycles. The van der Waals surface area contributed by atoms with Crippen LogP contribution < -0.4 is 10.6 Å². The lowest BCUT2D eigenvalue weighted by molar-refractivity contribution is 0.102. The van der Waals surface area contributed by atoms with Gasteiger partial charge in [0.2, 0.25) is 0 Å². The first-order valence-corrected chi connectivity index (χ1v) is 7.36. The summed E-state index contributed by atoms with van der Waals surface area (Å²) in [5.41, 5.74) is 0.704. The van der Waals surface area contributed by atoms with Gasteiger partial charge in [-0.2, -0.15) is 0 Å². The van der Waals surface area contributed by atoms with Crippen LogP contribution in [-0.2, 0) is 6.54 Å². The highest BCUT2D eigenvalue weighted by atomic mass is 19.1. The van der Waals surface area contributed by atoms with Gasteiger partial charge in [0.15, 0.2) is 5.69 Å². The highest BCUT2D eigenvalue weighted by Crippen LogP contribution is 2.16. The van der Waals surface area contributed by atoms with Crippen LogP contribution in [0.2, 0.25) is 0 Å². The van der Waals surface area contributed by atoms with Crippen molar-refractivity contribution in [3.8, 4) is 0 Å². The number of rotatable bonds is 5. The second-order valence-corrected chi connectivity index (χ2v) is 5.06. The second-order valence-electron chi connectivity index (χ2n) is 5.06. The lowest BCUT2D eigenvalue weighted by atomic mass is 10.2. The van der Waals surface area contributed by atoms with Gasteiger partial charge in [-0.25, -0.2) is 8.78 Å². The molecule has 0 spiro atoms. The summed E-state index contributed by atoms with van der Waals surface area (Å²) >= 11 is 0. The Morgan fingerprint density at radius 1 is 1.04 bits per heavy atom. The molecule has 0 saturated heterocycles. The van der Waals surface area contributed by atoms with Crippen LogP contribution in [0.25, 0.3) is 0 Å². The zero-order valence-corrected chi connectivity index (χ0v) is 12.9. The smallest absolute Gasteiger partial charge is 0.276 e. The Balaban J connectivity index is 1.62. The highest BCUT2D eigenvalue weighted by molar-refractivity contribution is 6.02. The molecule has 0 unspecified atom stereocenters. The SMILES string of the molecule is O=C(Nc1ccc(F)cc1F)c1ccc(NCc2ccccn2)nn1. The van der Waals surface area contributed by atoms with E-state index in [1.54, 1.807) is 12.3 Å². The molecule has 0 fully saturated rings. The minimum atomic E-state index is -0.866. The van der Waals surface area contributed by atoms with Crippen LogP contribution in [0.5, 0.6) is 0 Å². The number of nitrogens with zero attached hydrogens (tertiary/aromatic N) is 3. The summed E-state index contributed by atoms with van der Waals surface area (Å²) in [7, 11) is 0. The van der Waals surface area contributed by atoms with E-state index in [2.05, 4.69) is 25.8 Å². The Morgan fingerprint density at radius 3 is 2.60 bits per heavy atom. The third-order valence-electron chi connectivity index (χ3n) is 3.25. The van der Waals surface area contributed by atoms with Crippen molar-refractivity contribution >= 4 is 17.4 Å². The van der Waals surface area contributed by atoms with Gasteiger partial charge < -0.3 is 10.6 Å². The molecule has 25 heavy (non-hydrogen) atoms. The first-order chi connectivity index (χ1) is 12.1. The Bertz CT molecular complexity index is 872. The molecule has 2 heterocycles. The minimum absolute atomic E-state index is 0.00658. The number of hydrogen-bond acceptors (Lipinski definition) is 5. The normalized spacial score (nSPS) is 10.3. The summed E-state index contributed by atoms with van der Waals surface area (Å²) in [6.45, 7) is 0.460. The van der Waals surface area contributed by atoms with E-state index in [1.807, 2.05) is 18.2 Å². The molecular weight excluding hydrogens is 328 g/mol. The van der Waals surface area contributed by atoms with Crippen molar-refractivity contribution in [3.05, 3.63) is 77.8 Å². The number of aromatic nitrogens is 3. The van der Waals surface area contributed by atoms with Gasteiger partial charge >= 0.3 is 0 Å². The van der Waals surface area contributed by atoms with Gasteiger partial charge in [0.25, 0.3) is 5.91 Å². The predicted molar refractivity (Wildman–Crippen MR) is 87.9 cm³/mol. The Hall–Kier alpha value is -3.42.